The average Bonchev–Trinajstić information content (AvgIpc) is 3.22. The molecule has 1 aromatic carbocycles. The summed E-state index contributed by atoms with van der Waals surface area (Å²) in [6.07, 6.45) is 4.37. The van der Waals surface area contributed by atoms with Crippen molar-refractivity contribution >= 4 is 29.4 Å². The number of carbonyl (C=O) groups excluding carboxylic acids is 2. The number of hydrogen-bond donors (Lipinski definition) is 0. The predicted molar refractivity (Wildman–Crippen MR) is 129 cm³/mol. The fourth-order valence-electron chi connectivity index (χ4n) is 3.63. The van der Waals surface area contributed by atoms with Crippen LogP contribution in [0.3, 0.4) is 0 Å². The van der Waals surface area contributed by atoms with Crippen molar-refractivity contribution in [3.8, 4) is 11.6 Å². The summed E-state index contributed by atoms with van der Waals surface area (Å²) in [7, 11) is 1.89. The first-order chi connectivity index (χ1) is 16.4. The molecule has 0 atom stereocenters. The molecule has 0 saturated carbocycles. The van der Waals surface area contributed by atoms with E-state index < -0.39 is 11.4 Å². The lowest BCUT2D eigenvalue weighted by Gasteiger charge is -2.26. The lowest BCUT2D eigenvalue weighted by atomic mass is 9.86. The first-order valence-corrected chi connectivity index (χ1v) is 10.9. The highest BCUT2D eigenvalue weighted by molar-refractivity contribution is 5.91. The average molecular weight is 459 g/mol. The zero-order valence-electron chi connectivity index (χ0n) is 19.6. The largest absolute Gasteiger partial charge is 0.461 e. The molecule has 0 N–H and O–H groups in total. The molecule has 3 aromatic heterocycles. The maximum absolute atomic E-state index is 12.6. The third-order valence-corrected chi connectivity index (χ3v) is 5.50. The van der Waals surface area contributed by atoms with Crippen molar-refractivity contribution in [2.24, 2.45) is 0 Å². The van der Waals surface area contributed by atoms with Gasteiger partial charge >= 0.3 is 5.97 Å². The Morgan fingerprint density at radius 1 is 1.12 bits per heavy atom. The number of imidazole rings is 1. The lowest BCUT2D eigenvalue weighted by molar-refractivity contribution is -0.111. The Balaban J connectivity index is 1.63. The number of carbonyl (C=O) groups is 2. The second-order valence-electron chi connectivity index (χ2n) is 8.28. The van der Waals surface area contributed by atoms with Crippen molar-refractivity contribution in [2.75, 3.05) is 18.6 Å². The van der Waals surface area contributed by atoms with Gasteiger partial charge in [0.25, 0.3) is 5.88 Å². The normalized spacial score (nSPS) is 11.3. The van der Waals surface area contributed by atoms with Crippen LogP contribution in [-0.4, -0.2) is 40.3 Å². The molecule has 8 heteroatoms. The second kappa shape index (κ2) is 9.35. The molecule has 0 aliphatic heterocycles. The van der Waals surface area contributed by atoms with Crippen LogP contribution in [-0.2, 0) is 14.9 Å². The van der Waals surface area contributed by atoms with Gasteiger partial charge in [0, 0.05) is 36.1 Å². The number of anilines is 2. The molecule has 0 radical (unpaired) electrons. The van der Waals surface area contributed by atoms with Gasteiger partial charge in [0.05, 0.1) is 6.61 Å². The van der Waals surface area contributed by atoms with Gasteiger partial charge in [0.15, 0.2) is 5.69 Å². The fourth-order valence-corrected chi connectivity index (χ4v) is 3.63. The highest BCUT2D eigenvalue weighted by Crippen LogP contribution is 2.34. The molecule has 34 heavy (non-hydrogen) atoms. The van der Waals surface area contributed by atoms with Crippen LogP contribution in [0.2, 0.25) is 0 Å². The van der Waals surface area contributed by atoms with Gasteiger partial charge in [-0.2, -0.15) is 4.98 Å². The number of esters is 1. The van der Waals surface area contributed by atoms with Crippen molar-refractivity contribution in [2.45, 2.75) is 26.2 Å². The van der Waals surface area contributed by atoms with E-state index in [0.717, 1.165) is 17.5 Å². The summed E-state index contributed by atoms with van der Waals surface area (Å²) in [6, 6.07) is 16.5. The first-order valence-electron chi connectivity index (χ1n) is 10.9. The van der Waals surface area contributed by atoms with Gasteiger partial charge in [-0.3, -0.25) is 4.40 Å². The summed E-state index contributed by atoms with van der Waals surface area (Å²) < 4.78 is 12.8. The predicted octanol–water partition coefficient (Wildman–Crippen LogP) is 4.94. The zero-order chi connectivity index (χ0) is 24.3. The third kappa shape index (κ3) is 4.34. The molecule has 0 bridgehead atoms. The van der Waals surface area contributed by atoms with Crippen LogP contribution in [0, 0.1) is 0 Å². The smallest absolute Gasteiger partial charge is 0.361 e. The van der Waals surface area contributed by atoms with E-state index in [1.165, 1.54) is 0 Å². The fraction of sp³-hybridized carbons (Fsp3) is 0.231. The standard InChI is InChI=1S/C26H26N4O4/c1-5-33-25(32)22-24(28-21-10-6-7-16-30(21)22)34-19-13-11-18(12-14-19)29(4)23-20(9-8-15-27-23)26(2,3)17-31/h6-17H,5H2,1-4H3. The summed E-state index contributed by atoms with van der Waals surface area (Å²) in [5, 5.41) is 0. The number of fused-ring (bicyclic) bond motifs is 1. The molecule has 0 aliphatic rings. The van der Waals surface area contributed by atoms with Crippen LogP contribution in [0.1, 0.15) is 36.8 Å². The van der Waals surface area contributed by atoms with Gasteiger partial charge < -0.3 is 19.2 Å². The van der Waals surface area contributed by atoms with Crippen LogP contribution >= 0.6 is 0 Å². The quantitative estimate of drug-likeness (QED) is 0.273. The Morgan fingerprint density at radius 3 is 2.59 bits per heavy atom. The number of benzene rings is 1. The second-order valence-corrected chi connectivity index (χ2v) is 8.28. The van der Waals surface area contributed by atoms with Crippen LogP contribution < -0.4 is 9.64 Å². The van der Waals surface area contributed by atoms with Crippen molar-refractivity contribution in [3.63, 3.8) is 0 Å². The van der Waals surface area contributed by atoms with Gasteiger partial charge in [-0.25, -0.2) is 9.78 Å². The number of hydrogen-bond acceptors (Lipinski definition) is 7. The van der Waals surface area contributed by atoms with E-state index in [-0.39, 0.29) is 18.2 Å². The monoisotopic (exact) mass is 458 g/mol. The molecular formula is C26H26N4O4. The highest BCUT2D eigenvalue weighted by Gasteiger charge is 2.26. The minimum absolute atomic E-state index is 0.172. The maximum atomic E-state index is 12.6. The van der Waals surface area contributed by atoms with E-state index in [0.29, 0.717) is 17.2 Å². The Bertz CT molecular complexity index is 1330. The molecule has 3 heterocycles. The Kier molecular flexibility index (Phi) is 6.32. The van der Waals surface area contributed by atoms with Gasteiger partial charge in [0.2, 0.25) is 0 Å². The molecule has 0 amide bonds. The van der Waals surface area contributed by atoms with E-state index in [4.69, 9.17) is 9.47 Å². The summed E-state index contributed by atoms with van der Waals surface area (Å²) in [6.45, 7) is 5.72. The minimum Gasteiger partial charge on any atom is -0.461 e. The van der Waals surface area contributed by atoms with Crippen LogP contribution in [0.15, 0.2) is 67.0 Å². The number of pyridine rings is 2. The number of ether oxygens (including phenoxy) is 2. The molecule has 0 unspecified atom stereocenters. The summed E-state index contributed by atoms with van der Waals surface area (Å²) in [5.41, 5.74) is 1.82. The summed E-state index contributed by atoms with van der Waals surface area (Å²) in [5.74, 6) is 0.873. The molecule has 174 valence electrons. The van der Waals surface area contributed by atoms with E-state index in [9.17, 15) is 9.59 Å². The molecule has 8 nitrogen and oxygen atoms in total. The molecular weight excluding hydrogens is 432 g/mol. The van der Waals surface area contributed by atoms with Gasteiger partial charge in [0.1, 0.15) is 23.5 Å². The Labute approximate surface area is 197 Å². The minimum atomic E-state index is -0.673. The van der Waals surface area contributed by atoms with Crippen molar-refractivity contribution in [1.82, 2.24) is 14.4 Å². The van der Waals surface area contributed by atoms with E-state index >= 15 is 0 Å². The molecule has 0 aliphatic carbocycles. The summed E-state index contributed by atoms with van der Waals surface area (Å²) >= 11 is 0. The van der Waals surface area contributed by atoms with Crippen molar-refractivity contribution in [3.05, 3.63) is 78.2 Å². The molecule has 0 spiro atoms. The lowest BCUT2D eigenvalue weighted by Crippen LogP contribution is -2.24. The molecule has 0 fully saturated rings. The van der Waals surface area contributed by atoms with Crippen molar-refractivity contribution in [1.29, 1.82) is 0 Å². The van der Waals surface area contributed by atoms with Crippen LogP contribution in [0.25, 0.3) is 5.65 Å². The van der Waals surface area contributed by atoms with Crippen molar-refractivity contribution < 1.29 is 19.1 Å². The number of aromatic nitrogens is 3. The SMILES string of the molecule is CCOC(=O)c1c(Oc2ccc(N(C)c3ncccc3C(C)(C)C=O)cc2)nc2ccccn12. The van der Waals surface area contributed by atoms with Crippen LogP contribution in [0.4, 0.5) is 11.5 Å². The van der Waals surface area contributed by atoms with Gasteiger partial charge in [-0.1, -0.05) is 12.1 Å². The third-order valence-electron chi connectivity index (χ3n) is 5.50. The van der Waals surface area contributed by atoms with E-state index in [1.807, 2.05) is 62.2 Å². The Hall–Kier alpha value is -4.20. The summed E-state index contributed by atoms with van der Waals surface area (Å²) in [4.78, 5) is 35.1. The maximum Gasteiger partial charge on any atom is 0.361 e. The first kappa shape index (κ1) is 23.0. The molecule has 4 aromatic rings. The highest BCUT2D eigenvalue weighted by atomic mass is 16.5. The number of rotatable bonds is 8. The number of nitrogens with zero attached hydrogens (tertiary/aromatic N) is 4. The molecule has 4 rings (SSSR count). The number of aldehydes is 1. The van der Waals surface area contributed by atoms with Gasteiger partial charge in [-0.15, -0.1) is 0 Å². The van der Waals surface area contributed by atoms with E-state index in [1.54, 1.807) is 41.9 Å². The van der Waals surface area contributed by atoms with Gasteiger partial charge in [-0.05, 0) is 63.2 Å². The zero-order valence-corrected chi connectivity index (χ0v) is 19.6. The Morgan fingerprint density at radius 2 is 1.88 bits per heavy atom. The van der Waals surface area contributed by atoms with Crippen LogP contribution in [0.5, 0.6) is 11.6 Å². The topological polar surface area (TPSA) is 86.0 Å². The van der Waals surface area contributed by atoms with E-state index in [2.05, 4.69) is 9.97 Å². The molecule has 0 saturated heterocycles.